The highest BCUT2D eigenvalue weighted by molar-refractivity contribution is 5.71. The lowest BCUT2D eigenvalue weighted by Crippen LogP contribution is -2.40. The largest absolute Gasteiger partial charge is 0.462 e. The molecule has 1 unspecified atom stereocenters. The second-order valence-corrected chi connectivity index (χ2v) is 5.33. The molecule has 17 heavy (non-hydrogen) atoms. The van der Waals surface area contributed by atoms with Crippen LogP contribution in [0.25, 0.3) is 0 Å². The number of hydrogen-bond acceptors (Lipinski definition) is 3. The van der Waals surface area contributed by atoms with Gasteiger partial charge in [-0.05, 0) is 39.0 Å². The topological polar surface area (TPSA) is 38.3 Å². The van der Waals surface area contributed by atoms with Gasteiger partial charge in [0.2, 0.25) is 0 Å². The predicted octanol–water partition coefficient (Wildman–Crippen LogP) is 2.89. The molecule has 3 heteroatoms. The van der Waals surface area contributed by atoms with Gasteiger partial charge in [0.15, 0.2) is 0 Å². The van der Waals surface area contributed by atoms with Gasteiger partial charge < -0.3 is 10.1 Å². The van der Waals surface area contributed by atoms with Gasteiger partial charge >= 0.3 is 5.97 Å². The first-order valence-corrected chi connectivity index (χ1v) is 7.06. The summed E-state index contributed by atoms with van der Waals surface area (Å²) in [6.07, 6.45) is 7.77. The number of esters is 1. The highest BCUT2D eigenvalue weighted by Crippen LogP contribution is 2.27. The normalized spacial score (nSPS) is 19.3. The molecule has 1 saturated carbocycles. The molecule has 1 atom stereocenters. The first-order chi connectivity index (χ1) is 8.13. The molecular formula is C14H27NO2. The van der Waals surface area contributed by atoms with Gasteiger partial charge in [0.1, 0.15) is 0 Å². The summed E-state index contributed by atoms with van der Waals surface area (Å²) >= 11 is 0. The number of ether oxygens (including phenoxy) is 1. The quantitative estimate of drug-likeness (QED) is 0.727. The van der Waals surface area contributed by atoms with E-state index < -0.39 is 0 Å². The lowest BCUT2D eigenvalue weighted by molar-refractivity contribution is -0.146. The van der Waals surface area contributed by atoms with Gasteiger partial charge in [-0.1, -0.05) is 26.2 Å². The predicted molar refractivity (Wildman–Crippen MR) is 69.9 cm³/mol. The van der Waals surface area contributed by atoms with Crippen LogP contribution in [0.5, 0.6) is 0 Å². The summed E-state index contributed by atoms with van der Waals surface area (Å²) in [6, 6.07) is 0.481. The minimum atomic E-state index is -0.130. The summed E-state index contributed by atoms with van der Waals surface area (Å²) in [5.74, 6) is 0.620. The van der Waals surface area contributed by atoms with E-state index in [1.165, 1.54) is 32.1 Å². The molecule has 1 fully saturated rings. The Kier molecular flexibility index (Phi) is 6.56. The summed E-state index contributed by atoms with van der Waals surface area (Å²) in [4.78, 5) is 11.5. The van der Waals surface area contributed by atoms with E-state index in [0.717, 1.165) is 12.3 Å². The Bertz CT molecular complexity index is 222. The highest BCUT2D eigenvalue weighted by Gasteiger charge is 2.22. The van der Waals surface area contributed by atoms with Gasteiger partial charge in [-0.2, -0.15) is 0 Å². The number of hydrogen-bond donors (Lipinski definition) is 1. The van der Waals surface area contributed by atoms with Crippen LogP contribution in [0.1, 0.15) is 59.3 Å². The van der Waals surface area contributed by atoms with E-state index in [-0.39, 0.29) is 12.1 Å². The Morgan fingerprint density at radius 2 is 1.94 bits per heavy atom. The molecule has 1 N–H and O–H groups in total. The third kappa shape index (κ3) is 5.53. The Morgan fingerprint density at radius 3 is 2.47 bits per heavy atom. The van der Waals surface area contributed by atoms with Crippen LogP contribution >= 0.6 is 0 Å². The van der Waals surface area contributed by atoms with Gasteiger partial charge in [-0.3, -0.25) is 4.79 Å². The maximum absolute atomic E-state index is 11.5. The molecule has 0 saturated heterocycles. The minimum Gasteiger partial charge on any atom is -0.462 e. The van der Waals surface area contributed by atoms with E-state index >= 15 is 0 Å². The molecule has 1 rings (SSSR count). The summed E-state index contributed by atoms with van der Waals surface area (Å²) in [6.45, 7) is 6.32. The molecule has 0 spiro atoms. The average Bonchev–Trinajstić information content (AvgIpc) is 2.30. The third-order valence-corrected chi connectivity index (χ3v) is 3.53. The maximum Gasteiger partial charge on any atom is 0.320 e. The molecule has 3 nitrogen and oxygen atoms in total. The van der Waals surface area contributed by atoms with Gasteiger partial charge in [0.05, 0.1) is 12.6 Å². The smallest absolute Gasteiger partial charge is 0.320 e. The number of nitrogens with one attached hydrogen (secondary N) is 1. The highest BCUT2D eigenvalue weighted by atomic mass is 16.5. The number of carbonyl (C=O) groups is 1. The Balaban J connectivity index is 2.28. The molecule has 0 heterocycles. The SMILES string of the molecule is CCC(NCC(=O)OC(C)C)C1CCCCC1. The van der Waals surface area contributed by atoms with Crippen molar-refractivity contribution in [2.24, 2.45) is 5.92 Å². The van der Waals surface area contributed by atoms with Crippen molar-refractivity contribution in [3.63, 3.8) is 0 Å². The molecule has 0 aromatic heterocycles. The Labute approximate surface area is 105 Å². The monoisotopic (exact) mass is 241 g/mol. The Morgan fingerprint density at radius 1 is 1.29 bits per heavy atom. The van der Waals surface area contributed by atoms with E-state index in [9.17, 15) is 4.79 Å². The van der Waals surface area contributed by atoms with Crippen LogP contribution < -0.4 is 5.32 Å². The molecular weight excluding hydrogens is 214 g/mol. The minimum absolute atomic E-state index is 0.0148. The third-order valence-electron chi connectivity index (χ3n) is 3.53. The fraction of sp³-hybridized carbons (Fsp3) is 0.929. The summed E-state index contributed by atoms with van der Waals surface area (Å²) in [5, 5.41) is 3.37. The van der Waals surface area contributed by atoms with E-state index in [0.29, 0.717) is 12.6 Å². The second-order valence-electron chi connectivity index (χ2n) is 5.33. The van der Waals surface area contributed by atoms with Crippen molar-refractivity contribution in [3.8, 4) is 0 Å². The molecule has 1 aliphatic rings. The van der Waals surface area contributed by atoms with E-state index in [1.54, 1.807) is 0 Å². The first-order valence-electron chi connectivity index (χ1n) is 7.06. The van der Waals surface area contributed by atoms with E-state index in [2.05, 4.69) is 12.2 Å². The summed E-state index contributed by atoms with van der Waals surface area (Å²) < 4.78 is 5.13. The van der Waals surface area contributed by atoms with Gasteiger partial charge in [0.25, 0.3) is 0 Å². The number of carbonyl (C=O) groups excluding carboxylic acids is 1. The van der Waals surface area contributed by atoms with Crippen molar-refractivity contribution in [1.82, 2.24) is 5.32 Å². The van der Waals surface area contributed by atoms with Crippen molar-refractivity contribution in [1.29, 1.82) is 0 Å². The number of rotatable bonds is 6. The Hall–Kier alpha value is -0.570. The van der Waals surface area contributed by atoms with Crippen LogP contribution in [-0.2, 0) is 9.53 Å². The summed E-state index contributed by atoms with van der Waals surface area (Å²) in [5.41, 5.74) is 0. The fourth-order valence-corrected chi connectivity index (χ4v) is 2.70. The van der Waals surface area contributed by atoms with Crippen molar-refractivity contribution in [2.45, 2.75) is 71.4 Å². The molecule has 1 aliphatic carbocycles. The summed E-state index contributed by atoms with van der Waals surface area (Å²) in [7, 11) is 0. The van der Waals surface area contributed by atoms with Crippen LogP contribution in [0.3, 0.4) is 0 Å². The molecule has 0 aliphatic heterocycles. The van der Waals surface area contributed by atoms with Crippen LogP contribution in [-0.4, -0.2) is 24.7 Å². The molecule has 0 radical (unpaired) electrons. The van der Waals surface area contributed by atoms with Crippen LogP contribution in [0.4, 0.5) is 0 Å². The maximum atomic E-state index is 11.5. The van der Waals surface area contributed by atoms with Crippen LogP contribution in [0, 0.1) is 5.92 Å². The van der Waals surface area contributed by atoms with Crippen molar-refractivity contribution in [2.75, 3.05) is 6.54 Å². The van der Waals surface area contributed by atoms with Crippen LogP contribution in [0.2, 0.25) is 0 Å². The first kappa shape index (κ1) is 14.5. The van der Waals surface area contributed by atoms with Crippen LogP contribution in [0.15, 0.2) is 0 Å². The molecule has 100 valence electrons. The zero-order valence-corrected chi connectivity index (χ0v) is 11.5. The zero-order chi connectivity index (χ0) is 12.7. The van der Waals surface area contributed by atoms with Crippen molar-refractivity contribution < 1.29 is 9.53 Å². The molecule has 0 amide bonds. The fourth-order valence-electron chi connectivity index (χ4n) is 2.70. The molecule has 0 aromatic carbocycles. The zero-order valence-electron chi connectivity index (χ0n) is 11.5. The van der Waals surface area contributed by atoms with E-state index in [1.807, 2.05) is 13.8 Å². The van der Waals surface area contributed by atoms with Gasteiger partial charge in [-0.25, -0.2) is 0 Å². The molecule has 0 aromatic rings. The standard InChI is InChI=1S/C14H27NO2/c1-4-13(12-8-6-5-7-9-12)15-10-14(16)17-11(2)3/h11-13,15H,4-10H2,1-3H3. The van der Waals surface area contributed by atoms with Crippen molar-refractivity contribution >= 4 is 5.97 Å². The van der Waals surface area contributed by atoms with Gasteiger partial charge in [-0.15, -0.1) is 0 Å². The molecule has 0 bridgehead atoms. The van der Waals surface area contributed by atoms with Gasteiger partial charge in [0, 0.05) is 6.04 Å². The van der Waals surface area contributed by atoms with E-state index in [4.69, 9.17) is 4.74 Å². The average molecular weight is 241 g/mol. The lowest BCUT2D eigenvalue weighted by Gasteiger charge is -2.30. The second kappa shape index (κ2) is 7.70. The lowest BCUT2D eigenvalue weighted by atomic mass is 9.83. The van der Waals surface area contributed by atoms with Crippen molar-refractivity contribution in [3.05, 3.63) is 0 Å².